The van der Waals surface area contributed by atoms with Crippen molar-refractivity contribution < 1.29 is 8.83 Å². The van der Waals surface area contributed by atoms with Gasteiger partial charge in [-0.15, -0.1) is 0 Å². The van der Waals surface area contributed by atoms with Crippen molar-refractivity contribution in [2.24, 2.45) is 0 Å². The smallest absolute Gasteiger partial charge is 0.164 e. The molecule has 12 aromatic rings. The van der Waals surface area contributed by atoms with Crippen molar-refractivity contribution in [3.63, 3.8) is 0 Å². The number of hydrogen-bond donors (Lipinski definition) is 0. The molecule has 0 aliphatic heterocycles. The van der Waals surface area contributed by atoms with Gasteiger partial charge in [-0.25, -0.2) is 15.0 Å². The number of nitrogens with zero attached hydrogens (tertiary/aromatic N) is 4. The van der Waals surface area contributed by atoms with Gasteiger partial charge in [0.15, 0.2) is 17.5 Å². The summed E-state index contributed by atoms with van der Waals surface area (Å²) in [5.74, 6) is 1.74. The largest absolute Gasteiger partial charge is 0.456 e. The van der Waals surface area contributed by atoms with E-state index in [9.17, 15) is 0 Å². The monoisotopic (exact) mass is 794 g/mol. The van der Waals surface area contributed by atoms with Crippen LogP contribution in [0.15, 0.2) is 215 Å². The van der Waals surface area contributed by atoms with Gasteiger partial charge in [-0.1, -0.05) is 170 Å². The van der Waals surface area contributed by atoms with Gasteiger partial charge in [0.2, 0.25) is 0 Å². The third-order valence-corrected chi connectivity index (χ3v) is 11.7. The first kappa shape index (κ1) is 35.5. The molecule has 8 aromatic carbocycles. The standard InChI is InChI=1S/C56H34N4O2/c1-2-9-35(10-3-1)36-20-26-40(27-21-36)54-58-55(60-56(59-54)42-30-31-47-46-12-4-5-17-50(46)61-51(47)33-42)41-28-24-39(25-29-41)45-14-7-16-49-48-15-6-13-44(52(48)62-53(45)49)38-22-18-37(19-23-38)43-11-8-32-57-34-43/h1-34H. The van der Waals surface area contributed by atoms with Crippen LogP contribution in [0.3, 0.4) is 0 Å². The normalized spacial score (nSPS) is 11.5. The highest BCUT2D eigenvalue weighted by molar-refractivity contribution is 6.13. The van der Waals surface area contributed by atoms with E-state index in [0.29, 0.717) is 17.5 Å². The van der Waals surface area contributed by atoms with Crippen LogP contribution >= 0.6 is 0 Å². The van der Waals surface area contributed by atoms with Crippen LogP contribution in [-0.2, 0) is 0 Å². The number of fused-ring (bicyclic) bond motifs is 6. The van der Waals surface area contributed by atoms with Gasteiger partial charge in [0.25, 0.3) is 0 Å². The summed E-state index contributed by atoms with van der Waals surface area (Å²) < 4.78 is 13.1. The van der Waals surface area contributed by atoms with Crippen molar-refractivity contribution in [2.45, 2.75) is 0 Å². The number of benzene rings is 8. The summed E-state index contributed by atoms with van der Waals surface area (Å²) in [5.41, 5.74) is 14.6. The third kappa shape index (κ3) is 6.21. The summed E-state index contributed by atoms with van der Waals surface area (Å²) in [4.78, 5) is 19.5. The first-order valence-corrected chi connectivity index (χ1v) is 20.6. The second kappa shape index (κ2) is 14.7. The van der Waals surface area contributed by atoms with Crippen molar-refractivity contribution in [3.05, 3.63) is 207 Å². The van der Waals surface area contributed by atoms with Crippen LogP contribution in [0.5, 0.6) is 0 Å². The fraction of sp³-hybridized carbons (Fsp3) is 0. The Bertz CT molecular complexity index is 3600. The summed E-state index contributed by atoms with van der Waals surface area (Å²) in [6, 6.07) is 66.7. The van der Waals surface area contributed by atoms with E-state index in [1.165, 1.54) is 0 Å². The molecule has 0 bridgehead atoms. The zero-order chi connectivity index (χ0) is 41.0. The molecule has 0 N–H and O–H groups in total. The Hall–Kier alpha value is -8.48. The molecule has 0 fully saturated rings. The summed E-state index contributed by atoms with van der Waals surface area (Å²) in [6.07, 6.45) is 3.68. The molecule has 0 amide bonds. The Labute approximate surface area is 356 Å². The van der Waals surface area contributed by atoms with Gasteiger partial charge in [0.1, 0.15) is 22.3 Å². The molecule has 4 heterocycles. The summed E-state index contributed by atoms with van der Waals surface area (Å²) >= 11 is 0. The summed E-state index contributed by atoms with van der Waals surface area (Å²) in [7, 11) is 0. The Kier molecular flexibility index (Phi) is 8.38. The first-order chi connectivity index (χ1) is 30.7. The molecule has 0 saturated carbocycles. The second-order valence-corrected chi connectivity index (χ2v) is 15.4. The van der Waals surface area contributed by atoms with Gasteiger partial charge in [-0.3, -0.25) is 4.98 Å². The van der Waals surface area contributed by atoms with Crippen molar-refractivity contribution in [3.8, 4) is 78.7 Å². The molecule has 6 nitrogen and oxygen atoms in total. The Morgan fingerprint density at radius 2 is 0.758 bits per heavy atom. The minimum atomic E-state index is 0.568. The summed E-state index contributed by atoms with van der Waals surface area (Å²) in [5, 5.41) is 4.28. The van der Waals surface area contributed by atoms with E-state index in [-0.39, 0.29) is 0 Å². The zero-order valence-electron chi connectivity index (χ0n) is 33.2. The Balaban J connectivity index is 0.926. The highest BCUT2D eigenvalue weighted by atomic mass is 16.3. The average Bonchev–Trinajstić information content (AvgIpc) is 3.93. The fourth-order valence-electron chi connectivity index (χ4n) is 8.52. The first-order valence-electron chi connectivity index (χ1n) is 20.6. The lowest BCUT2D eigenvalue weighted by atomic mass is 9.98. The van der Waals surface area contributed by atoms with Crippen molar-refractivity contribution in [1.29, 1.82) is 0 Å². The van der Waals surface area contributed by atoms with Crippen molar-refractivity contribution in [2.75, 3.05) is 0 Å². The zero-order valence-corrected chi connectivity index (χ0v) is 33.2. The quantitative estimate of drug-likeness (QED) is 0.160. The third-order valence-electron chi connectivity index (χ3n) is 11.7. The molecule has 0 radical (unpaired) electrons. The van der Waals surface area contributed by atoms with Crippen LogP contribution in [0.25, 0.3) is 123 Å². The average molecular weight is 795 g/mol. The number of para-hydroxylation sites is 3. The lowest BCUT2D eigenvalue weighted by Crippen LogP contribution is -2.00. The second-order valence-electron chi connectivity index (χ2n) is 15.4. The fourth-order valence-corrected chi connectivity index (χ4v) is 8.52. The number of rotatable bonds is 7. The van der Waals surface area contributed by atoms with Crippen molar-refractivity contribution >= 4 is 43.9 Å². The van der Waals surface area contributed by atoms with Crippen LogP contribution in [0, 0.1) is 0 Å². The number of pyridine rings is 1. The Morgan fingerprint density at radius 3 is 1.37 bits per heavy atom. The molecule has 4 aromatic heterocycles. The van der Waals surface area contributed by atoms with Crippen LogP contribution < -0.4 is 0 Å². The van der Waals surface area contributed by atoms with E-state index in [4.69, 9.17) is 23.8 Å². The van der Waals surface area contributed by atoms with Gasteiger partial charge in [-0.2, -0.15) is 0 Å². The van der Waals surface area contributed by atoms with Gasteiger partial charge >= 0.3 is 0 Å². The van der Waals surface area contributed by atoms with Gasteiger partial charge in [0.05, 0.1) is 0 Å². The molecule has 6 heteroatoms. The van der Waals surface area contributed by atoms with Gasteiger partial charge < -0.3 is 8.83 Å². The maximum atomic E-state index is 6.82. The molecular weight excluding hydrogens is 761 g/mol. The molecule has 290 valence electrons. The van der Waals surface area contributed by atoms with Gasteiger partial charge in [-0.05, 0) is 57.6 Å². The lowest BCUT2D eigenvalue weighted by molar-refractivity contribution is 0.669. The van der Waals surface area contributed by atoms with Crippen molar-refractivity contribution in [1.82, 2.24) is 19.9 Å². The van der Waals surface area contributed by atoms with E-state index in [0.717, 1.165) is 105 Å². The predicted molar refractivity (Wildman–Crippen MR) is 250 cm³/mol. The topological polar surface area (TPSA) is 77.8 Å². The lowest BCUT2D eigenvalue weighted by Gasteiger charge is -2.10. The van der Waals surface area contributed by atoms with E-state index >= 15 is 0 Å². The SMILES string of the molecule is c1ccc(-c2ccc(-c3nc(-c4ccc(-c5cccc6c5oc5c(-c7ccc(-c8cccnc8)cc7)cccc56)cc4)nc(-c4ccc5c(c4)oc4ccccc45)n3)cc2)cc1. The van der Waals surface area contributed by atoms with Crippen LogP contribution in [0.1, 0.15) is 0 Å². The number of hydrogen-bond acceptors (Lipinski definition) is 6. The van der Waals surface area contributed by atoms with E-state index in [1.807, 2.05) is 42.6 Å². The Morgan fingerprint density at radius 1 is 0.290 bits per heavy atom. The van der Waals surface area contributed by atoms with Crippen LogP contribution in [0.4, 0.5) is 0 Å². The van der Waals surface area contributed by atoms with E-state index < -0.39 is 0 Å². The minimum absolute atomic E-state index is 0.568. The molecule has 0 unspecified atom stereocenters. The molecule has 0 spiro atoms. The molecule has 0 atom stereocenters. The molecule has 62 heavy (non-hydrogen) atoms. The van der Waals surface area contributed by atoms with Crippen LogP contribution in [0.2, 0.25) is 0 Å². The molecule has 12 rings (SSSR count). The van der Waals surface area contributed by atoms with E-state index in [1.54, 1.807) is 6.20 Å². The van der Waals surface area contributed by atoms with Crippen LogP contribution in [-0.4, -0.2) is 19.9 Å². The highest BCUT2D eigenvalue weighted by Gasteiger charge is 2.18. The number of furan rings is 2. The molecule has 0 saturated heterocycles. The maximum Gasteiger partial charge on any atom is 0.164 e. The minimum Gasteiger partial charge on any atom is -0.456 e. The highest BCUT2D eigenvalue weighted by Crippen LogP contribution is 2.41. The van der Waals surface area contributed by atoms with E-state index in [2.05, 4.69) is 163 Å². The predicted octanol–water partition coefficient (Wildman–Crippen LogP) is 14.7. The molecular formula is C56H34N4O2. The molecule has 0 aliphatic carbocycles. The molecule has 0 aliphatic rings. The summed E-state index contributed by atoms with van der Waals surface area (Å²) in [6.45, 7) is 0. The maximum absolute atomic E-state index is 6.82. The number of aromatic nitrogens is 4. The van der Waals surface area contributed by atoms with Gasteiger partial charge in [0, 0.05) is 61.8 Å².